The first kappa shape index (κ1) is 22.9. The average Bonchev–Trinajstić information content (AvgIpc) is 3.32. The summed E-state index contributed by atoms with van der Waals surface area (Å²) < 4.78 is 29.0. The third-order valence-corrected chi connectivity index (χ3v) is 9.07. The molecule has 0 unspecified atom stereocenters. The number of hydrogen-bond acceptors (Lipinski definition) is 6. The highest BCUT2D eigenvalue weighted by atomic mass is 32.2. The Morgan fingerprint density at radius 3 is 2.66 bits per heavy atom. The molecule has 172 valence electrons. The van der Waals surface area contributed by atoms with Gasteiger partial charge in [0.05, 0.1) is 21.6 Å². The van der Waals surface area contributed by atoms with Crippen LogP contribution in [-0.2, 0) is 41.1 Å². The van der Waals surface area contributed by atoms with Gasteiger partial charge >= 0.3 is 0 Å². The fraction of sp³-hybridized carbons (Fsp3) is 0.500. The third kappa shape index (κ3) is 4.44. The van der Waals surface area contributed by atoms with E-state index in [4.69, 9.17) is 0 Å². The second-order valence-corrected chi connectivity index (χ2v) is 11.0. The number of hydrogen-bond donors (Lipinski definition) is 1. The number of nitrogens with zero attached hydrogens (tertiary/aromatic N) is 4. The average molecular weight is 476 g/mol. The molecule has 0 radical (unpaired) electrons. The van der Waals surface area contributed by atoms with Gasteiger partial charge in [0.15, 0.2) is 5.13 Å². The topological polar surface area (TPSA) is 97.2 Å². The number of imidazole rings is 1. The Morgan fingerprint density at radius 1 is 1.19 bits per heavy atom. The summed E-state index contributed by atoms with van der Waals surface area (Å²) in [5.41, 5.74) is 2.58. The van der Waals surface area contributed by atoms with E-state index in [1.807, 2.05) is 25.5 Å². The van der Waals surface area contributed by atoms with Gasteiger partial charge in [0.2, 0.25) is 15.9 Å². The van der Waals surface area contributed by atoms with Crippen LogP contribution in [0.5, 0.6) is 0 Å². The summed E-state index contributed by atoms with van der Waals surface area (Å²) >= 11 is 1.58. The predicted octanol–water partition coefficient (Wildman–Crippen LogP) is 3.51. The number of aryl methyl sites for hydroxylation is 4. The van der Waals surface area contributed by atoms with Gasteiger partial charge < -0.3 is 9.88 Å². The first-order chi connectivity index (χ1) is 15.3. The van der Waals surface area contributed by atoms with E-state index < -0.39 is 10.0 Å². The van der Waals surface area contributed by atoms with Gasteiger partial charge in [-0.3, -0.25) is 4.79 Å². The molecule has 32 heavy (non-hydrogen) atoms. The van der Waals surface area contributed by atoms with Gasteiger partial charge in [0.25, 0.3) is 0 Å². The van der Waals surface area contributed by atoms with Crippen molar-refractivity contribution in [2.24, 2.45) is 7.05 Å². The van der Waals surface area contributed by atoms with E-state index in [1.54, 1.807) is 29.5 Å². The van der Waals surface area contributed by atoms with Crippen molar-refractivity contribution < 1.29 is 13.2 Å². The van der Waals surface area contributed by atoms with Gasteiger partial charge in [0, 0.05) is 37.9 Å². The summed E-state index contributed by atoms with van der Waals surface area (Å²) in [4.78, 5) is 23.2. The van der Waals surface area contributed by atoms with E-state index in [9.17, 15) is 13.2 Å². The van der Waals surface area contributed by atoms with E-state index in [1.165, 1.54) is 15.6 Å². The molecule has 0 bridgehead atoms. The van der Waals surface area contributed by atoms with E-state index in [0.717, 1.165) is 36.3 Å². The van der Waals surface area contributed by atoms with Gasteiger partial charge in [-0.15, -0.1) is 11.3 Å². The van der Waals surface area contributed by atoms with Crippen molar-refractivity contribution in [2.45, 2.75) is 57.3 Å². The second kappa shape index (κ2) is 9.29. The third-order valence-electron chi connectivity index (χ3n) is 5.96. The lowest BCUT2D eigenvalue weighted by atomic mass is 10.0. The lowest BCUT2D eigenvalue weighted by Crippen LogP contribution is -2.30. The molecule has 10 heteroatoms. The number of amides is 1. The van der Waals surface area contributed by atoms with Crippen LogP contribution in [-0.4, -0.2) is 46.3 Å². The summed E-state index contributed by atoms with van der Waals surface area (Å²) in [6.45, 7) is 4.48. The van der Waals surface area contributed by atoms with Crippen molar-refractivity contribution in [3.8, 4) is 0 Å². The standard InChI is InChI=1S/C22H29N5O3S2/c1-4-27(5-2)32(29,30)15-10-11-18-17(14-15)23-20(26(18)3)12-13-21(28)25-22-24-16-8-6-7-9-19(16)31-22/h10-11,14H,4-9,12-13H2,1-3H3,(H,24,25,28). The van der Waals surface area contributed by atoms with Crippen LogP contribution in [0.2, 0.25) is 0 Å². The second-order valence-electron chi connectivity index (χ2n) is 7.97. The molecule has 0 saturated heterocycles. The summed E-state index contributed by atoms with van der Waals surface area (Å²) in [5.74, 6) is 0.652. The minimum absolute atomic E-state index is 0.0899. The molecule has 2 aromatic heterocycles. The zero-order valence-corrected chi connectivity index (χ0v) is 20.4. The van der Waals surface area contributed by atoms with Gasteiger partial charge in [-0.05, 0) is 43.9 Å². The lowest BCUT2D eigenvalue weighted by molar-refractivity contribution is -0.116. The molecule has 0 saturated carbocycles. The van der Waals surface area contributed by atoms with E-state index in [-0.39, 0.29) is 17.2 Å². The van der Waals surface area contributed by atoms with Crippen LogP contribution in [0.3, 0.4) is 0 Å². The maximum absolute atomic E-state index is 12.8. The first-order valence-electron chi connectivity index (χ1n) is 11.1. The van der Waals surface area contributed by atoms with E-state index in [0.29, 0.717) is 30.2 Å². The highest BCUT2D eigenvalue weighted by Crippen LogP contribution is 2.29. The Balaban J connectivity index is 1.47. The Morgan fingerprint density at radius 2 is 1.94 bits per heavy atom. The lowest BCUT2D eigenvalue weighted by Gasteiger charge is -2.18. The van der Waals surface area contributed by atoms with Crippen LogP contribution >= 0.6 is 11.3 Å². The largest absolute Gasteiger partial charge is 0.331 e. The van der Waals surface area contributed by atoms with Crippen molar-refractivity contribution in [1.82, 2.24) is 18.8 Å². The Hall–Kier alpha value is -2.30. The van der Waals surface area contributed by atoms with Gasteiger partial charge in [-0.2, -0.15) is 4.31 Å². The first-order valence-corrected chi connectivity index (χ1v) is 13.3. The molecule has 1 amide bonds. The number of anilines is 1. The zero-order chi connectivity index (χ0) is 22.9. The number of carbonyl (C=O) groups excluding carboxylic acids is 1. The number of thiazole rings is 1. The summed E-state index contributed by atoms with van der Waals surface area (Å²) in [7, 11) is -1.66. The van der Waals surface area contributed by atoms with Crippen molar-refractivity contribution >= 4 is 43.4 Å². The molecule has 1 N–H and O–H groups in total. The number of fused-ring (bicyclic) bond motifs is 2. The number of sulfonamides is 1. The van der Waals surface area contributed by atoms with Crippen LogP contribution < -0.4 is 5.32 Å². The number of benzene rings is 1. The molecule has 0 atom stereocenters. The highest BCUT2D eigenvalue weighted by Gasteiger charge is 2.23. The van der Waals surface area contributed by atoms with Crippen molar-refractivity contribution in [2.75, 3.05) is 18.4 Å². The molecule has 1 aromatic carbocycles. The van der Waals surface area contributed by atoms with Crippen LogP contribution in [0, 0.1) is 0 Å². The van der Waals surface area contributed by atoms with Crippen LogP contribution in [0.15, 0.2) is 23.1 Å². The maximum atomic E-state index is 12.8. The number of aromatic nitrogens is 3. The molecule has 0 spiro atoms. The van der Waals surface area contributed by atoms with Crippen LogP contribution in [0.25, 0.3) is 11.0 Å². The minimum atomic E-state index is -3.54. The molecular formula is C22H29N5O3S2. The van der Waals surface area contributed by atoms with Crippen molar-refractivity contribution in [3.05, 3.63) is 34.6 Å². The molecule has 8 nitrogen and oxygen atoms in total. The van der Waals surface area contributed by atoms with Crippen LogP contribution in [0.4, 0.5) is 5.13 Å². The normalized spacial score (nSPS) is 14.1. The highest BCUT2D eigenvalue weighted by molar-refractivity contribution is 7.89. The van der Waals surface area contributed by atoms with Crippen molar-refractivity contribution in [3.63, 3.8) is 0 Å². The quantitative estimate of drug-likeness (QED) is 0.538. The number of carbonyl (C=O) groups is 1. The molecule has 1 aliphatic rings. The fourth-order valence-corrected chi connectivity index (χ4v) is 6.68. The molecule has 1 aliphatic carbocycles. The summed E-state index contributed by atoms with van der Waals surface area (Å²) in [5, 5.41) is 3.60. The zero-order valence-electron chi connectivity index (χ0n) is 18.7. The number of rotatable bonds is 8. The summed E-state index contributed by atoms with van der Waals surface area (Å²) in [6.07, 6.45) is 5.14. The smallest absolute Gasteiger partial charge is 0.243 e. The maximum Gasteiger partial charge on any atom is 0.243 e. The molecule has 3 aromatic rings. The minimum Gasteiger partial charge on any atom is -0.331 e. The Labute approximate surface area is 192 Å². The molecular weight excluding hydrogens is 446 g/mol. The Kier molecular flexibility index (Phi) is 6.64. The number of nitrogens with one attached hydrogen (secondary N) is 1. The predicted molar refractivity (Wildman–Crippen MR) is 127 cm³/mol. The fourth-order valence-electron chi connectivity index (χ4n) is 4.14. The molecule has 0 aliphatic heterocycles. The molecule has 2 heterocycles. The van der Waals surface area contributed by atoms with E-state index >= 15 is 0 Å². The molecule has 4 rings (SSSR count). The van der Waals surface area contributed by atoms with E-state index in [2.05, 4.69) is 15.3 Å². The van der Waals surface area contributed by atoms with Gasteiger partial charge in [-0.25, -0.2) is 18.4 Å². The van der Waals surface area contributed by atoms with Gasteiger partial charge in [-0.1, -0.05) is 13.8 Å². The SMILES string of the molecule is CCN(CC)S(=O)(=O)c1ccc2c(c1)nc(CCC(=O)Nc1nc3c(s1)CCCC3)n2C. The summed E-state index contributed by atoms with van der Waals surface area (Å²) in [6, 6.07) is 5.02. The Bertz CT molecular complexity index is 1220. The van der Waals surface area contributed by atoms with Crippen LogP contribution in [0.1, 0.15) is 49.5 Å². The monoisotopic (exact) mass is 475 g/mol. The molecule has 0 fully saturated rings. The van der Waals surface area contributed by atoms with Gasteiger partial charge in [0.1, 0.15) is 5.82 Å². The van der Waals surface area contributed by atoms with Crippen molar-refractivity contribution in [1.29, 1.82) is 0 Å².